The molecule has 0 aliphatic heterocycles. The van der Waals surface area contributed by atoms with Crippen molar-refractivity contribution in [2.45, 2.75) is 52.4 Å². The minimum atomic E-state index is 0.0191. The Morgan fingerprint density at radius 2 is 1.80 bits per heavy atom. The van der Waals surface area contributed by atoms with Gasteiger partial charge in [-0.15, -0.1) is 0 Å². The number of ether oxygens (including phenoxy) is 2. The molecule has 1 aromatic rings. The zero-order valence-corrected chi connectivity index (χ0v) is 12.9. The Balaban J connectivity index is 2.43. The van der Waals surface area contributed by atoms with E-state index in [1.807, 2.05) is 0 Å². The van der Waals surface area contributed by atoms with Crippen LogP contribution in [0.3, 0.4) is 0 Å². The summed E-state index contributed by atoms with van der Waals surface area (Å²) in [5, 5.41) is 0. The first-order chi connectivity index (χ1) is 9.69. The molecule has 0 aromatic heterocycles. The molecule has 20 heavy (non-hydrogen) atoms. The fourth-order valence-corrected chi connectivity index (χ4v) is 2.10. The smallest absolute Gasteiger partial charge is 0.163 e. The van der Waals surface area contributed by atoms with Gasteiger partial charge in [-0.05, 0) is 25.5 Å². The van der Waals surface area contributed by atoms with E-state index in [9.17, 15) is 4.79 Å². The normalized spacial score (nSPS) is 10.3. The van der Waals surface area contributed by atoms with Crippen LogP contribution in [0.15, 0.2) is 18.2 Å². The SMILES string of the molecule is CCCCCCCCOc1cc(OC)ccc1C(C)=O. The molecule has 0 atom stereocenters. The van der Waals surface area contributed by atoms with Crippen LogP contribution >= 0.6 is 0 Å². The number of benzene rings is 1. The number of methoxy groups -OCH3 is 1. The van der Waals surface area contributed by atoms with Gasteiger partial charge in [-0.2, -0.15) is 0 Å². The van der Waals surface area contributed by atoms with Crippen molar-refractivity contribution in [3.8, 4) is 11.5 Å². The van der Waals surface area contributed by atoms with E-state index in [0.29, 0.717) is 23.7 Å². The van der Waals surface area contributed by atoms with E-state index in [1.165, 1.54) is 32.1 Å². The average molecular weight is 278 g/mol. The lowest BCUT2D eigenvalue weighted by Crippen LogP contribution is -2.03. The third kappa shape index (κ3) is 5.64. The molecule has 112 valence electrons. The van der Waals surface area contributed by atoms with Crippen molar-refractivity contribution in [3.05, 3.63) is 23.8 Å². The zero-order valence-electron chi connectivity index (χ0n) is 12.9. The standard InChI is InChI=1S/C17H26O3/c1-4-5-6-7-8-9-12-20-17-13-15(19-3)10-11-16(17)14(2)18/h10-11,13H,4-9,12H2,1-3H3. The molecule has 0 spiro atoms. The highest BCUT2D eigenvalue weighted by Crippen LogP contribution is 2.25. The Morgan fingerprint density at radius 1 is 1.10 bits per heavy atom. The van der Waals surface area contributed by atoms with Crippen LogP contribution in [-0.2, 0) is 0 Å². The number of ketones is 1. The Kier molecular flexibility index (Phi) is 7.78. The van der Waals surface area contributed by atoms with Crippen LogP contribution in [-0.4, -0.2) is 19.5 Å². The summed E-state index contributed by atoms with van der Waals surface area (Å²) < 4.78 is 10.9. The molecule has 0 radical (unpaired) electrons. The topological polar surface area (TPSA) is 35.5 Å². The molecule has 0 aliphatic rings. The predicted octanol–water partition coefficient (Wildman–Crippen LogP) is 4.64. The van der Waals surface area contributed by atoms with Gasteiger partial charge in [-0.1, -0.05) is 39.0 Å². The number of carbonyl (C=O) groups is 1. The molecule has 3 heteroatoms. The van der Waals surface area contributed by atoms with Gasteiger partial charge in [-0.3, -0.25) is 4.79 Å². The summed E-state index contributed by atoms with van der Waals surface area (Å²) in [6, 6.07) is 5.33. The number of Topliss-reactive ketones (excluding diaryl/α,β-unsaturated/α-hetero) is 1. The molecule has 1 rings (SSSR count). The molecule has 0 N–H and O–H groups in total. The molecular formula is C17H26O3. The fraction of sp³-hybridized carbons (Fsp3) is 0.588. The second-order valence-electron chi connectivity index (χ2n) is 5.03. The van der Waals surface area contributed by atoms with Crippen molar-refractivity contribution in [1.29, 1.82) is 0 Å². The van der Waals surface area contributed by atoms with Crippen LogP contribution in [0.4, 0.5) is 0 Å². The Labute approximate surface area is 122 Å². The predicted molar refractivity (Wildman–Crippen MR) is 81.9 cm³/mol. The molecule has 0 amide bonds. The second kappa shape index (κ2) is 9.40. The van der Waals surface area contributed by atoms with Crippen molar-refractivity contribution >= 4 is 5.78 Å². The first kappa shape index (κ1) is 16.5. The van der Waals surface area contributed by atoms with Crippen molar-refractivity contribution < 1.29 is 14.3 Å². The lowest BCUT2D eigenvalue weighted by Gasteiger charge is -2.11. The lowest BCUT2D eigenvalue weighted by atomic mass is 10.1. The zero-order chi connectivity index (χ0) is 14.8. The van der Waals surface area contributed by atoms with Gasteiger partial charge in [0.05, 0.1) is 19.3 Å². The maximum atomic E-state index is 11.6. The number of carbonyl (C=O) groups excluding carboxylic acids is 1. The first-order valence-corrected chi connectivity index (χ1v) is 7.50. The van der Waals surface area contributed by atoms with E-state index in [4.69, 9.17) is 9.47 Å². The molecule has 0 unspecified atom stereocenters. The molecule has 0 saturated heterocycles. The van der Waals surface area contributed by atoms with E-state index in [2.05, 4.69) is 6.92 Å². The van der Waals surface area contributed by atoms with E-state index in [-0.39, 0.29) is 5.78 Å². The van der Waals surface area contributed by atoms with E-state index in [1.54, 1.807) is 32.2 Å². The second-order valence-corrected chi connectivity index (χ2v) is 5.03. The molecular weight excluding hydrogens is 252 g/mol. The Morgan fingerprint density at radius 3 is 2.45 bits per heavy atom. The van der Waals surface area contributed by atoms with Gasteiger partial charge in [0.25, 0.3) is 0 Å². The van der Waals surface area contributed by atoms with Gasteiger partial charge in [0.1, 0.15) is 11.5 Å². The number of rotatable bonds is 10. The van der Waals surface area contributed by atoms with E-state index in [0.717, 1.165) is 6.42 Å². The summed E-state index contributed by atoms with van der Waals surface area (Å²) in [5.41, 5.74) is 0.622. The highest BCUT2D eigenvalue weighted by molar-refractivity contribution is 5.97. The summed E-state index contributed by atoms with van der Waals surface area (Å²) in [5.74, 6) is 1.36. The largest absolute Gasteiger partial charge is 0.497 e. The van der Waals surface area contributed by atoms with Crippen LogP contribution < -0.4 is 9.47 Å². The highest BCUT2D eigenvalue weighted by Gasteiger charge is 2.09. The minimum absolute atomic E-state index is 0.0191. The molecule has 0 fully saturated rings. The first-order valence-electron chi connectivity index (χ1n) is 7.50. The number of hydrogen-bond donors (Lipinski definition) is 0. The quantitative estimate of drug-likeness (QED) is 0.462. The molecule has 1 aromatic carbocycles. The molecule has 0 heterocycles. The Bertz CT molecular complexity index is 413. The van der Waals surface area contributed by atoms with Crippen LogP contribution in [0.1, 0.15) is 62.7 Å². The van der Waals surface area contributed by atoms with E-state index < -0.39 is 0 Å². The Hall–Kier alpha value is -1.51. The van der Waals surface area contributed by atoms with Crippen molar-refractivity contribution in [1.82, 2.24) is 0 Å². The molecule has 0 aliphatic carbocycles. The third-order valence-corrected chi connectivity index (χ3v) is 3.32. The molecule has 3 nitrogen and oxygen atoms in total. The highest BCUT2D eigenvalue weighted by atomic mass is 16.5. The summed E-state index contributed by atoms with van der Waals surface area (Å²) in [4.78, 5) is 11.6. The van der Waals surface area contributed by atoms with Crippen molar-refractivity contribution in [2.24, 2.45) is 0 Å². The van der Waals surface area contributed by atoms with Gasteiger partial charge < -0.3 is 9.47 Å². The minimum Gasteiger partial charge on any atom is -0.497 e. The maximum absolute atomic E-state index is 11.6. The average Bonchev–Trinajstić information content (AvgIpc) is 2.45. The van der Waals surface area contributed by atoms with Gasteiger partial charge in [0.2, 0.25) is 0 Å². The number of hydrogen-bond acceptors (Lipinski definition) is 3. The molecule has 0 saturated carbocycles. The maximum Gasteiger partial charge on any atom is 0.163 e. The summed E-state index contributed by atoms with van der Waals surface area (Å²) in [7, 11) is 1.61. The number of unbranched alkanes of at least 4 members (excludes halogenated alkanes) is 5. The molecule has 0 bridgehead atoms. The van der Waals surface area contributed by atoms with Gasteiger partial charge >= 0.3 is 0 Å². The summed E-state index contributed by atoms with van der Waals surface area (Å²) in [6.07, 6.45) is 7.34. The lowest BCUT2D eigenvalue weighted by molar-refractivity contribution is 0.101. The van der Waals surface area contributed by atoms with Gasteiger partial charge in [0.15, 0.2) is 5.78 Å². The van der Waals surface area contributed by atoms with Crippen LogP contribution in [0, 0.1) is 0 Å². The van der Waals surface area contributed by atoms with Crippen molar-refractivity contribution in [2.75, 3.05) is 13.7 Å². The van der Waals surface area contributed by atoms with Gasteiger partial charge in [-0.25, -0.2) is 0 Å². The van der Waals surface area contributed by atoms with Crippen molar-refractivity contribution in [3.63, 3.8) is 0 Å². The van der Waals surface area contributed by atoms with Crippen LogP contribution in [0.25, 0.3) is 0 Å². The van der Waals surface area contributed by atoms with Crippen LogP contribution in [0.2, 0.25) is 0 Å². The fourth-order valence-electron chi connectivity index (χ4n) is 2.10. The third-order valence-electron chi connectivity index (χ3n) is 3.32. The van der Waals surface area contributed by atoms with Gasteiger partial charge in [0, 0.05) is 6.07 Å². The van der Waals surface area contributed by atoms with Crippen LogP contribution in [0.5, 0.6) is 11.5 Å². The summed E-state index contributed by atoms with van der Waals surface area (Å²) >= 11 is 0. The summed E-state index contributed by atoms with van der Waals surface area (Å²) in [6.45, 7) is 4.42. The van der Waals surface area contributed by atoms with E-state index >= 15 is 0 Å². The monoisotopic (exact) mass is 278 g/mol.